The Kier molecular flexibility index (Phi) is 3.61. The van der Waals surface area contributed by atoms with E-state index in [0.717, 1.165) is 5.56 Å². The van der Waals surface area contributed by atoms with E-state index in [0.29, 0.717) is 11.5 Å². The quantitative estimate of drug-likeness (QED) is 0.766. The summed E-state index contributed by atoms with van der Waals surface area (Å²) in [5.74, 6) is -0.154. The fraction of sp³-hybridized carbons (Fsp3) is 0.154. The Labute approximate surface area is 110 Å². The van der Waals surface area contributed by atoms with E-state index < -0.39 is 5.91 Å². The van der Waals surface area contributed by atoms with Gasteiger partial charge in [0.1, 0.15) is 5.82 Å². The predicted molar refractivity (Wildman–Crippen MR) is 73.4 cm³/mol. The summed E-state index contributed by atoms with van der Waals surface area (Å²) in [5.41, 5.74) is 12.6. The van der Waals surface area contributed by atoms with Gasteiger partial charge < -0.3 is 16.8 Å². The molecule has 1 unspecified atom stereocenters. The minimum atomic E-state index is -0.569. The second-order valence-electron chi connectivity index (χ2n) is 4.18. The van der Waals surface area contributed by atoms with Gasteiger partial charge in [-0.25, -0.2) is 4.98 Å². The normalized spacial score (nSPS) is 11.8. The molecule has 0 saturated heterocycles. The first kappa shape index (κ1) is 12.8. The molecule has 5 N–H and O–H groups in total. The van der Waals surface area contributed by atoms with E-state index >= 15 is 0 Å². The van der Waals surface area contributed by atoms with Gasteiger partial charge in [0.15, 0.2) is 0 Å². The molecule has 2 aromatic heterocycles. The highest BCUT2D eigenvalue weighted by atomic mass is 16.1. The lowest BCUT2D eigenvalue weighted by atomic mass is 10.1. The molecule has 0 spiro atoms. The first-order valence-electron chi connectivity index (χ1n) is 5.79. The number of pyridine rings is 2. The van der Waals surface area contributed by atoms with Gasteiger partial charge in [0.25, 0.3) is 5.91 Å². The summed E-state index contributed by atoms with van der Waals surface area (Å²) in [4.78, 5) is 19.5. The summed E-state index contributed by atoms with van der Waals surface area (Å²) < 4.78 is 0. The van der Waals surface area contributed by atoms with Crippen LogP contribution in [0, 0.1) is 0 Å². The topological polar surface area (TPSA) is 107 Å². The first-order valence-corrected chi connectivity index (χ1v) is 5.79. The smallest absolute Gasteiger partial charge is 0.252 e. The Balaban J connectivity index is 2.26. The Morgan fingerprint density at radius 2 is 2.21 bits per heavy atom. The van der Waals surface area contributed by atoms with Crippen molar-refractivity contribution in [2.24, 2.45) is 5.73 Å². The van der Waals surface area contributed by atoms with Crippen molar-refractivity contribution in [3.05, 3.63) is 47.9 Å². The third kappa shape index (κ3) is 2.98. The zero-order valence-electron chi connectivity index (χ0n) is 10.5. The van der Waals surface area contributed by atoms with Crippen molar-refractivity contribution in [3.63, 3.8) is 0 Å². The Hall–Kier alpha value is -2.63. The maximum Gasteiger partial charge on any atom is 0.252 e. The standard InChI is InChI=1S/C13H15N5O/c1-8(9-3-2-4-16-6-9)18-13-11(12(15)19)5-10(14)7-17-13/h2-8H,14H2,1H3,(H2,15,19)(H,17,18). The number of primary amides is 1. The number of amides is 1. The highest BCUT2D eigenvalue weighted by Crippen LogP contribution is 2.21. The van der Waals surface area contributed by atoms with Crippen LogP contribution in [0.4, 0.5) is 11.5 Å². The largest absolute Gasteiger partial charge is 0.397 e. The van der Waals surface area contributed by atoms with Gasteiger partial charge in [0, 0.05) is 12.4 Å². The second kappa shape index (κ2) is 5.34. The summed E-state index contributed by atoms with van der Waals surface area (Å²) in [5, 5.41) is 3.13. The predicted octanol–water partition coefficient (Wildman–Crippen LogP) is 1.33. The number of nitrogens with two attached hydrogens (primary N) is 2. The summed E-state index contributed by atoms with van der Waals surface area (Å²) in [6.45, 7) is 1.94. The number of carbonyl (C=O) groups is 1. The molecular formula is C13H15N5O. The van der Waals surface area contributed by atoms with Gasteiger partial charge in [0.05, 0.1) is 23.5 Å². The molecule has 0 radical (unpaired) electrons. The minimum Gasteiger partial charge on any atom is -0.397 e. The van der Waals surface area contributed by atoms with Crippen molar-refractivity contribution in [3.8, 4) is 0 Å². The van der Waals surface area contributed by atoms with E-state index in [9.17, 15) is 4.79 Å². The molecule has 6 heteroatoms. The molecule has 0 saturated carbocycles. The average molecular weight is 257 g/mol. The van der Waals surface area contributed by atoms with E-state index in [4.69, 9.17) is 11.5 Å². The van der Waals surface area contributed by atoms with Gasteiger partial charge in [-0.15, -0.1) is 0 Å². The third-order valence-corrected chi connectivity index (χ3v) is 2.71. The zero-order valence-corrected chi connectivity index (χ0v) is 10.5. The van der Waals surface area contributed by atoms with Crippen molar-refractivity contribution in [2.45, 2.75) is 13.0 Å². The number of carbonyl (C=O) groups excluding carboxylic acids is 1. The van der Waals surface area contributed by atoms with Crippen LogP contribution < -0.4 is 16.8 Å². The molecular weight excluding hydrogens is 242 g/mol. The number of rotatable bonds is 4. The van der Waals surface area contributed by atoms with Crippen LogP contribution in [0.5, 0.6) is 0 Å². The molecule has 2 rings (SSSR count). The lowest BCUT2D eigenvalue weighted by molar-refractivity contribution is 0.100. The second-order valence-corrected chi connectivity index (χ2v) is 4.18. The van der Waals surface area contributed by atoms with Crippen molar-refractivity contribution >= 4 is 17.4 Å². The lowest BCUT2D eigenvalue weighted by Crippen LogP contribution is -2.17. The SMILES string of the molecule is CC(Nc1ncc(N)cc1C(N)=O)c1cccnc1. The van der Waals surface area contributed by atoms with Crippen LogP contribution in [-0.2, 0) is 0 Å². The highest BCUT2D eigenvalue weighted by molar-refractivity contribution is 5.98. The molecule has 98 valence electrons. The number of hydrogen-bond donors (Lipinski definition) is 3. The van der Waals surface area contributed by atoms with Gasteiger partial charge in [-0.3, -0.25) is 9.78 Å². The first-order chi connectivity index (χ1) is 9.08. The van der Waals surface area contributed by atoms with Crippen LogP contribution in [-0.4, -0.2) is 15.9 Å². The molecule has 1 amide bonds. The van der Waals surface area contributed by atoms with Gasteiger partial charge in [-0.05, 0) is 24.6 Å². The van der Waals surface area contributed by atoms with Crippen LogP contribution >= 0.6 is 0 Å². The fourth-order valence-electron chi connectivity index (χ4n) is 1.70. The highest BCUT2D eigenvalue weighted by Gasteiger charge is 2.13. The molecule has 2 heterocycles. The van der Waals surface area contributed by atoms with E-state index in [1.54, 1.807) is 12.4 Å². The minimum absolute atomic E-state index is 0.0528. The fourth-order valence-corrected chi connectivity index (χ4v) is 1.70. The van der Waals surface area contributed by atoms with Crippen molar-refractivity contribution in [2.75, 3.05) is 11.1 Å². The lowest BCUT2D eigenvalue weighted by Gasteiger charge is -2.16. The Morgan fingerprint density at radius 3 is 2.84 bits per heavy atom. The maximum atomic E-state index is 11.4. The number of anilines is 2. The van der Waals surface area contributed by atoms with Crippen LogP contribution in [0.1, 0.15) is 28.9 Å². The van der Waals surface area contributed by atoms with Crippen LogP contribution in [0.25, 0.3) is 0 Å². The molecule has 0 bridgehead atoms. The summed E-state index contributed by atoms with van der Waals surface area (Å²) in [6.07, 6.45) is 4.93. The molecule has 0 aliphatic rings. The van der Waals surface area contributed by atoms with Crippen LogP contribution in [0.3, 0.4) is 0 Å². The molecule has 0 aromatic carbocycles. The Bertz CT molecular complexity index is 585. The maximum absolute atomic E-state index is 11.4. The number of aromatic nitrogens is 2. The zero-order chi connectivity index (χ0) is 13.8. The average Bonchev–Trinajstić information content (AvgIpc) is 2.41. The van der Waals surface area contributed by atoms with Crippen molar-refractivity contribution in [1.82, 2.24) is 9.97 Å². The number of nitrogen functional groups attached to an aromatic ring is 1. The molecule has 0 aliphatic heterocycles. The summed E-state index contributed by atoms with van der Waals surface area (Å²) in [7, 11) is 0. The molecule has 0 fully saturated rings. The van der Waals surface area contributed by atoms with E-state index in [-0.39, 0.29) is 11.6 Å². The van der Waals surface area contributed by atoms with Gasteiger partial charge in [-0.2, -0.15) is 0 Å². The molecule has 0 aliphatic carbocycles. The molecule has 1 atom stereocenters. The van der Waals surface area contributed by atoms with E-state index in [2.05, 4.69) is 15.3 Å². The van der Waals surface area contributed by atoms with Crippen LogP contribution in [0.15, 0.2) is 36.8 Å². The van der Waals surface area contributed by atoms with E-state index in [1.807, 2.05) is 19.1 Å². The molecule has 2 aromatic rings. The number of hydrogen-bond acceptors (Lipinski definition) is 5. The number of nitrogens with zero attached hydrogens (tertiary/aromatic N) is 2. The Morgan fingerprint density at radius 1 is 1.42 bits per heavy atom. The van der Waals surface area contributed by atoms with Gasteiger partial charge >= 0.3 is 0 Å². The third-order valence-electron chi connectivity index (χ3n) is 2.71. The molecule has 6 nitrogen and oxygen atoms in total. The summed E-state index contributed by atoms with van der Waals surface area (Å²) in [6, 6.07) is 5.24. The van der Waals surface area contributed by atoms with Gasteiger partial charge in [-0.1, -0.05) is 6.07 Å². The van der Waals surface area contributed by atoms with Gasteiger partial charge in [0.2, 0.25) is 0 Å². The van der Waals surface area contributed by atoms with E-state index in [1.165, 1.54) is 12.3 Å². The van der Waals surface area contributed by atoms with Crippen molar-refractivity contribution in [1.29, 1.82) is 0 Å². The van der Waals surface area contributed by atoms with Crippen molar-refractivity contribution < 1.29 is 4.79 Å². The monoisotopic (exact) mass is 257 g/mol. The molecule has 19 heavy (non-hydrogen) atoms. The summed E-state index contributed by atoms with van der Waals surface area (Å²) >= 11 is 0. The van der Waals surface area contributed by atoms with Crippen LogP contribution in [0.2, 0.25) is 0 Å². The number of nitrogens with one attached hydrogen (secondary N) is 1.